The molecule has 0 spiro atoms. The van der Waals surface area contributed by atoms with E-state index in [1.165, 1.54) is 0 Å². The molecule has 0 amide bonds. The van der Waals surface area contributed by atoms with Crippen molar-refractivity contribution in [3.05, 3.63) is 40.2 Å². The highest BCUT2D eigenvalue weighted by Gasteiger charge is 2.37. The van der Waals surface area contributed by atoms with Crippen molar-refractivity contribution in [1.29, 1.82) is 0 Å². The van der Waals surface area contributed by atoms with Crippen LogP contribution in [0.2, 0.25) is 0 Å². The number of aliphatic hydroxyl groups excluding tert-OH is 1. The van der Waals surface area contributed by atoms with Gasteiger partial charge >= 0.3 is 0 Å². The Kier molecular flexibility index (Phi) is 3.49. The van der Waals surface area contributed by atoms with Gasteiger partial charge in [0.05, 0.1) is 11.1 Å². The first kappa shape index (κ1) is 14.1. The molecule has 1 aromatic heterocycles. The molecule has 4 heteroatoms. The summed E-state index contributed by atoms with van der Waals surface area (Å²) < 4.78 is 7.51. The van der Waals surface area contributed by atoms with Crippen LogP contribution in [0.3, 0.4) is 0 Å². The summed E-state index contributed by atoms with van der Waals surface area (Å²) in [5.74, 6) is 0.512. The highest BCUT2D eigenvalue weighted by molar-refractivity contribution is 5.87. The van der Waals surface area contributed by atoms with Crippen molar-refractivity contribution < 1.29 is 9.84 Å². The zero-order valence-corrected chi connectivity index (χ0v) is 12.7. The van der Waals surface area contributed by atoms with Crippen molar-refractivity contribution >= 4 is 10.9 Å². The summed E-state index contributed by atoms with van der Waals surface area (Å²) >= 11 is 0. The number of benzene rings is 1. The quantitative estimate of drug-likeness (QED) is 0.924. The normalized spacial score (nSPS) is 24.7. The molecule has 0 bridgehead atoms. The zero-order chi connectivity index (χ0) is 15.1. The Bertz CT molecular complexity index is 735. The third-order valence-corrected chi connectivity index (χ3v) is 4.61. The Morgan fingerprint density at radius 3 is 2.67 bits per heavy atom. The van der Waals surface area contributed by atoms with Gasteiger partial charge in [-0.05, 0) is 25.5 Å². The summed E-state index contributed by atoms with van der Waals surface area (Å²) in [4.78, 5) is 12.9. The van der Waals surface area contributed by atoms with Gasteiger partial charge in [-0.2, -0.15) is 0 Å². The highest BCUT2D eigenvalue weighted by atomic mass is 16.6. The van der Waals surface area contributed by atoms with Crippen molar-refractivity contribution in [2.75, 3.05) is 0 Å². The van der Waals surface area contributed by atoms with Crippen molar-refractivity contribution in [2.45, 2.75) is 45.9 Å². The van der Waals surface area contributed by atoms with Crippen molar-refractivity contribution in [3.63, 3.8) is 0 Å². The fourth-order valence-corrected chi connectivity index (χ4v) is 3.43. The number of hydrogen-bond donors (Lipinski definition) is 1. The van der Waals surface area contributed by atoms with Crippen molar-refractivity contribution in [1.82, 2.24) is 4.57 Å². The molecule has 1 aliphatic heterocycles. The predicted octanol–water partition coefficient (Wildman–Crippen LogP) is 2.86. The van der Waals surface area contributed by atoms with Gasteiger partial charge in [0.15, 0.2) is 0 Å². The molecule has 21 heavy (non-hydrogen) atoms. The molecular weight excluding hydrogens is 266 g/mol. The van der Waals surface area contributed by atoms with Crippen molar-refractivity contribution in [3.8, 4) is 5.75 Å². The maximum absolute atomic E-state index is 12.9. The molecule has 3 unspecified atom stereocenters. The summed E-state index contributed by atoms with van der Waals surface area (Å²) in [5.41, 5.74) is 1.59. The molecule has 4 nitrogen and oxygen atoms in total. The molecule has 3 rings (SSSR count). The lowest BCUT2D eigenvalue weighted by molar-refractivity contribution is -0.0767. The van der Waals surface area contributed by atoms with Crippen LogP contribution in [0.15, 0.2) is 29.1 Å². The maximum atomic E-state index is 12.9. The number of aliphatic hydroxyl groups is 1. The second kappa shape index (κ2) is 5.19. The summed E-state index contributed by atoms with van der Waals surface area (Å²) in [7, 11) is 0. The second-order valence-electron chi connectivity index (χ2n) is 5.69. The van der Waals surface area contributed by atoms with Gasteiger partial charge in [0.25, 0.3) is 5.56 Å². The van der Waals surface area contributed by atoms with E-state index >= 15 is 0 Å². The smallest absolute Gasteiger partial charge is 0.258 e. The van der Waals surface area contributed by atoms with E-state index in [1.807, 2.05) is 45.0 Å². The monoisotopic (exact) mass is 287 g/mol. The third kappa shape index (κ3) is 1.97. The van der Waals surface area contributed by atoms with E-state index in [2.05, 4.69) is 0 Å². The van der Waals surface area contributed by atoms with Gasteiger partial charge in [0.2, 0.25) is 6.29 Å². The van der Waals surface area contributed by atoms with E-state index in [1.54, 1.807) is 4.57 Å². The Morgan fingerprint density at radius 1 is 1.29 bits per heavy atom. The van der Waals surface area contributed by atoms with Gasteiger partial charge in [-0.1, -0.05) is 26.0 Å². The number of aromatic nitrogens is 1. The lowest BCUT2D eigenvalue weighted by atomic mass is 9.82. The number of para-hydroxylation sites is 1. The molecule has 2 aromatic rings. The van der Waals surface area contributed by atoms with Gasteiger partial charge in [0, 0.05) is 23.8 Å². The Morgan fingerprint density at radius 2 is 2.00 bits per heavy atom. The fourth-order valence-electron chi connectivity index (χ4n) is 3.43. The van der Waals surface area contributed by atoms with Gasteiger partial charge in [-0.3, -0.25) is 4.79 Å². The molecule has 0 radical (unpaired) electrons. The third-order valence-electron chi connectivity index (χ3n) is 4.61. The molecule has 3 atom stereocenters. The van der Waals surface area contributed by atoms with Gasteiger partial charge < -0.3 is 14.4 Å². The average molecular weight is 287 g/mol. The van der Waals surface area contributed by atoms with E-state index in [0.29, 0.717) is 12.3 Å². The zero-order valence-electron chi connectivity index (χ0n) is 12.7. The molecule has 0 saturated carbocycles. The van der Waals surface area contributed by atoms with E-state index in [9.17, 15) is 9.90 Å². The summed E-state index contributed by atoms with van der Waals surface area (Å²) in [6.45, 7) is 6.59. The molecule has 0 aliphatic carbocycles. The minimum atomic E-state index is -0.859. The topological polar surface area (TPSA) is 51.5 Å². The van der Waals surface area contributed by atoms with E-state index in [-0.39, 0.29) is 17.4 Å². The number of rotatable bonds is 2. The SMILES string of the molecule is CCC1c2c(c3ccccc3n(CC)c2=O)OC(O)C1C. The lowest BCUT2D eigenvalue weighted by Gasteiger charge is -2.35. The first-order chi connectivity index (χ1) is 10.1. The predicted molar refractivity (Wildman–Crippen MR) is 82.7 cm³/mol. The lowest BCUT2D eigenvalue weighted by Crippen LogP contribution is -2.39. The number of fused-ring (bicyclic) bond motifs is 3. The molecule has 0 saturated heterocycles. The summed E-state index contributed by atoms with van der Waals surface area (Å²) in [6, 6.07) is 7.73. The van der Waals surface area contributed by atoms with Gasteiger partial charge in [-0.15, -0.1) is 0 Å². The Balaban J connectivity index is 2.42. The molecule has 112 valence electrons. The van der Waals surface area contributed by atoms with Crippen LogP contribution < -0.4 is 10.3 Å². The summed E-state index contributed by atoms with van der Waals surface area (Å²) in [5, 5.41) is 11.1. The standard InChI is InChI=1S/C17H21NO3/c1-4-11-10(3)17(20)21-15-12-8-6-7-9-13(12)18(5-2)16(19)14(11)15/h6-11,17,20H,4-5H2,1-3H3. The fraction of sp³-hybridized carbons (Fsp3) is 0.471. The maximum Gasteiger partial charge on any atom is 0.258 e. The number of hydrogen-bond acceptors (Lipinski definition) is 3. The highest BCUT2D eigenvalue weighted by Crippen LogP contribution is 2.42. The minimum absolute atomic E-state index is 0.0109. The van der Waals surface area contributed by atoms with E-state index in [4.69, 9.17) is 4.74 Å². The number of pyridine rings is 1. The average Bonchev–Trinajstić information content (AvgIpc) is 2.50. The minimum Gasteiger partial charge on any atom is -0.464 e. The first-order valence-corrected chi connectivity index (χ1v) is 7.60. The molecular formula is C17H21NO3. The first-order valence-electron chi connectivity index (χ1n) is 7.60. The van der Waals surface area contributed by atoms with Crippen LogP contribution in [0.1, 0.15) is 38.7 Å². The van der Waals surface area contributed by atoms with Gasteiger partial charge in [0.1, 0.15) is 5.75 Å². The molecule has 1 aromatic carbocycles. The summed E-state index contributed by atoms with van der Waals surface area (Å²) in [6.07, 6.45) is -0.0472. The number of nitrogens with zero attached hydrogens (tertiary/aromatic N) is 1. The van der Waals surface area contributed by atoms with Crippen LogP contribution in [0, 0.1) is 5.92 Å². The van der Waals surface area contributed by atoms with Crippen LogP contribution in [0.4, 0.5) is 0 Å². The van der Waals surface area contributed by atoms with Crippen LogP contribution in [0.25, 0.3) is 10.9 Å². The van der Waals surface area contributed by atoms with Crippen LogP contribution in [-0.2, 0) is 6.54 Å². The Hall–Kier alpha value is -1.81. The van der Waals surface area contributed by atoms with Gasteiger partial charge in [-0.25, -0.2) is 0 Å². The molecule has 2 heterocycles. The molecule has 0 fully saturated rings. The number of aryl methyl sites for hydroxylation is 1. The molecule has 1 aliphatic rings. The van der Waals surface area contributed by atoms with Crippen molar-refractivity contribution in [2.24, 2.45) is 5.92 Å². The van der Waals surface area contributed by atoms with E-state index < -0.39 is 6.29 Å². The molecule has 1 N–H and O–H groups in total. The van der Waals surface area contributed by atoms with Crippen LogP contribution >= 0.6 is 0 Å². The Labute approximate surface area is 124 Å². The van der Waals surface area contributed by atoms with E-state index in [0.717, 1.165) is 22.9 Å². The van der Waals surface area contributed by atoms with Crippen LogP contribution in [-0.4, -0.2) is 16.0 Å². The number of ether oxygens (including phenoxy) is 1. The van der Waals surface area contributed by atoms with Crippen LogP contribution in [0.5, 0.6) is 5.75 Å². The largest absolute Gasteiger partial charge is 0.464 e. The second-order valence-corrected chi connectivity index (χ2v) is 5.69.